The average molecular weight is 540 g/mol. The first-order valence-corrected chi connectivity index (χ1v) is 10.00. The summed E-state index contributed by atoms with van der Waals surface area (Å²) in [5.41, 5.74) is 4.09. The average Bonchev–Trinajstić information content (AvgIpc) is 3.12. The Bertz CT molecular complexity index is 1020. The van der Waals surface area contributed by atoms with Crippen LogP contribution in [-0.2, 0) is 11.2 Å². The molecule has 0 aliphatic heterocycles. The lowest BCUT2D eigenvalue weighted by molar-refractivity contribution is -0.116. The van der Waals surface area contributed by atoms with Crippen LogP contribution in [0.1, 0.15) is 17.5 Å². The molecular weight excluding hydrogens is 513 g/mol. The van der Waals surface area contributed by atoms with Crippen LogP contribution in [0, 0.1) is 6.92 Å². The molecule has 3 aromatic rings. The van der Waals surface area contributed by atoms with Crippen molar-refractivity contribution in [1.82, 2.24) is 15.6 Å². The van der Waals surface area contributed by atoms with Gasteiger partial charge in [-0.2, -0.15) is 0 Å². The number of guanidine groups is 1. The number of halogens is 2. The third-order valence-corrected chi connectivity index (χ3v) is 4.94. The quantitative estimate of drug-likeness (QED) is 0.203. The number of hydrogen-bond donors (Lipinski definition) is 4. The molecule has 0 fully saturated rings. The van der Waals surface area contributed by atoms with Gasteiger partial charge in [-0.05, 0) is 42.7 Å². The van der Waals surface area contributed by atoms with Gasteiger partial charge >= 0.3 is 0 Å². The van der Waals surface area contributed by atoms with Crippen LogP contribution in [0.5, 0.6) is 0 Å². The minimum atomic E-state index is -0.0995. The van der Waals surface area contributed by atoms with Crippen LogP contribution < -0.4 is 16.0 Å². The van der Waals surface area contributed by atoms with Gasteiger partial charge in [0.15, 0.2) is 5.96 Å². The van der Waals surface area contributed by atoms with Crippen molar-refractivity contribution in [2.24, 2.45) is 4.99 Å². The van der Waals surface area contributed by atoms with Gasteiger partial charge in [0.2, 0.25) is 5.91 Å². The molecule has 8 heteroatoms. The molecule has 160 valence electrons. The molecule has 0 unspecified atom stereocenters. The van der Waals surface area contributed by atoms with E-state index in [9.17, 15) is 4.79 Å². The van der Waals surface area contributed by atoms with Crippen LogP contribution in [0.25, 0.3) is 10.9 Å². The molecule has 0 saturated heterocycles. The van der Waals surface area contributed by atoms with Crippen LogP contribution in [0.2, 0.25) is 5.02 Å². The highest BCUT2D eigenvalue weighted by Gasteiger charge is 2.07. The number of aromatic amines is 1. The lowest BCUT2D eigenvalue weighted by Crippen LogP contribution is -2.39. The maximum Gasteiger partial charge on any atom is 0.226 e. The number of carbonyl (C=O) groups is 1. The minimum Gasteiger partial charge on any atom is -0.361 e. The fourth-order valence-corrected chi connectivity index (χ4v) is 3.39. The lowest BCUT2D eigenvalue weighted by atomic mass is 10.1. The second-order valence-corrected chi connectivity index (χ2v) is 7.22. The molecule has 4 N–H and O–H groups in total. The number of para-hydroxylation sites is 1. The number of benzene rings is 2. The molecule has 2 aromatic carbocycles. The number of aryl methyl sites for hydroxylation is 1. The molecule has 30 heavy (non-hydrogen) atoms. The summed E-state index contributed by atoms with van der Waals surface area (Å²) in [4.78, 5) is 19.6. The summed E-state index contributed by atoms with van der Waals surface area (Å²) in [7, 11) is 1.72. The van der Waals surface area contributed by atoms with Crippen LogP contribution >= 0.6 is 35.6 Å². The number of aliphatic imine (C=N–C) groups is 1. The second kappa shape index (κ2) is 11.8. The van der Waals surface area contributed by atoms with E-state index in [0.29, 0.717) is 29.6 Å². The summed E-state index contributed by atoms with van der Waals surface area (Å²) in [5, 5.41) is 11.1. The van der Waals surface area contributed by atoms with Crippen molar-refractivity contribution in [1.29, 1.82) is 0 Å². The number of nitrogens with one attached hydrogen (secondary N) is 4. The van der Waals surface area contributed by atoms with Gasteiger partial charge in [-0.3, -0.25) is 9.79 Å². The van der Waals surface area contributed by atoms with Gasteiger partial charge in [0.05, 0.1) is 10.7 Å². The number of fused-ring (bicyclic) bond motifs is 1. The fourth-order valence-electron chi connectivity index (χ4n) is 3.10. The summed E-state index contributed by atoms with van der Waals surface area (Å²) < 4.78 is 0. The Morgan fingerprint density at radius 2 is 1.90 bits per heavy atom. The van der Waals surface area contributed by atoms with Gasteiger partial charge in [0.1, 0.15) is 0 Å². The number of rotatable bonds is 7. The zero-order valence-electron chi connectivity index (χ0n) is 17.1. The Balaban J connectivity index is 0.00000320. The third kappa shape index (κ3) is 6.63. The Labute approximate surface area is 198 Å². The molecule has 0 bridgehead atoms. The van der Waals surface area contributed by atoms with Crippen LogP contribution in [0.3, 0.4) is 0 Å². The summed E-state index contributed by atoms with van der Waals surface area (Å²) >= 11 is 6.15. The van der Waals surface area contributed by atoms with Gasteiger partial charge in [0.25, 0.3) is 0 Å². The van der Waals surface area contributed by atoms with E-state index < -0.39 is 0 Å². The highest BCUT2D eigenvalue weighted by Crippen LogP contribution is 2.22. The highest BCUT2D eigenvalue weighted by molar-refractivity contribution is 14.0. The van der Waals surface area contributed by atoms with E-state index in [-0.39, 0.29) is 29.9 Å². The topological polar surface area (TPSA) is 81.3 Å². The lowest BCUT2D eigenvalue weighted by Gasteiger charge is -2.12. The first-order chi connectivity index (χ1) is 14.1. The van der Waals surface area contributed by atoms with E-state index in [2.05, 4.69) is 38.1 Å². The Morgan fingerprint density at radius 1 is 1.13 bits per heavy atom. The van der Waals surface area contributed by atoms with Crippen molar-refractivity contribution in [2.75, 3.05) is 25.5 Å². The van der Waals surface area contributed by atoms with Crippen molar-refractivity contribution in [2.45, 2.75) is 19.8 Å². The number of amides is 1. The van der Waals surface area contributed by atoms with Crippen molar-refractivity contribution in [3.05, 3.63) is 64.8 Å². The molecule has 0 aliphatic carbocycles. The molecule has 1 heterocycles. The third-order valence-electron chi connectivity index (χ3n) is 4.63. The van der Waals surface area contributed by atoms with Gasteiger partial charge in [-0.25, -0.2) is 0 Å². The zero-order chi connectivity index (χ0) is 20.6. The Hall–Kier alpha value is -2.26. The van der Waals surface area contributed by atoms with Crippen molar-refractivity contribution >= 4 is 64.0 Å². The maximum atomic E-state index is 12.1. The maximum absolute atomic E-state index is 12.1. The van der Waals surface area contributed by atoms with Crippen molar-refractivity contribution < 1.29 is 4.79 Å². The number of nitrogens with zero attached hydrogens (tertiary/aromatic N) is 1. The standard InChI is InChI=1S/C22H26ClN5O.HI/c1-15-7-8-20(18(23)13-15)28-21(29)10-12-26-22(24-2)25-11-9-16-14-27-19-6-4-3-5-17(16)19;/h3-8,13-14,27H,9-12H2,1-2H3,(H,28,29)(H2,24,25,26);1H. The second-order valence-electron chi connectivity index (χ2n) is 6.82. The predicted molar refractivity (Wildman–Crippen MR) is 136 cm³/mol. The highest BCUT2D eigenvalue weighted by atomic mass is 127. The summed E-state index contributed by atoms with van der Waals surface area (Å²) in [6.07, 6.45) is 3.23. The zero-order valence-corrected chi connectivity index (χ0v) is 20.2. The van der Waals surface area contributed by atoms with E-state index in [1.807, 2.05) is 43.5 Å². The number of carbonyl (C=O) groups excluding carboxylic acids is 1. The van der Waals surface area contributed by atoms with Gasteiger partial charge in [0, 0.05) is 43.7 Å². The van der Waals surface area contributed by atoms with E-state index in [1.165, 1.54) is 10.9 Å². The van der Waals surface area contributed by atoms with Crippen LogP contribution in [-0.4, -0.2) is 37.0 Å². The molecule has 0 aliphatic rings. The van der Waals surface area contributed by atoms with Crippen molar-refractivity contribution in [3.63, 3.8) is 0 Å². The summed E-state index contributed by atoms with van der Waals surface area (Å²) in [5.74, 6) is 0.573. The normalized spacial score (nSPS) is 11.1. The molecule has 0 spiro atoms. The molecular formula is C22H27ClIN5O. The number of H-pyrrole nitrogens is 1. The summed E-state index contributed by atoms with van der Waals surface area (Å²) in [6, 6.07) is 13.8. The van der Waals surface area contributed by atoms with Crippen molar-refractivity contribution in [3.8, 4) is 0 Å². The minimum absolute atomic E-state index is 0. The fraction of sp³-hybridized carbons (Fsp3) is 0.273. The van der Waals surface area contributed by atoms with E-state index in [1.54, 1.807) is 7.05 Å². The predicted octanol–water partition coefficient (Wildman–Crippen LogP) is 4.48. The molecule has 1 aromatic heterocycles. The molecule has 0 radical (unpaired) electrons. The number of anilines is 1. The largest absolute Gasteiger partial charge is 0.361 e. The molecule has 0 atom stereocenters. The molecule has 6 nitrogen and oxygen atoms in total. The number of aromatic nitrogens is 1. The first-order valence-electron chi connectivity index (χ1n) is 9.62. The SMILES string of the molecule is CN=C(NCCC(=O)Nc1ccc(C)cc1Cl)NCCc1c[nH]c2ccccc12.I. The molecule has 1 amide bonds. The van der Waals surface area contributed by atoms with Crippen LogP contribution in [0.4, 0.5) is 5.69 Å². The van der Waals surface area contributed by atoms with E-state index >= 15 is 0 Å². The van der Waals surface area contributed by atoms with Crippen LogP contribution in [0.15, 0.2) is 53.7 Å². The molecule has 3 rings (SSSR count). The van der Waals surface area contributed by atoms with Gasteiger partial charge in [-0.15, -0.1) is 24.0 Å². The Morgan fingerprint density at radius 3 is 2.67 bits per heavy atom. The smallest absolute Gasteiger partial charge is 0.226 e. The first kappa shape index (κ1) is 24.0. The van der Waals surface area contributed by atoms with Gasteiger partial charge in [-0.1, -0.05) is 35.9 Å². The van der Waals surface area contributed by atoms with E-state index in [4.69, 9.17) is 11.6 Å². The van der Waals surface area contributed by atoms with E-state index in [0.717, 1.165) is 24.0 Å². The number of hydrogen-bond acceptors (Lipinski definition) is 2. The summed E-state index contributed by atoms with van der Waals surface area (Å²) in [6.45, 7) is 3.17. The monoisotopic (exact) mass is 539 g/mol. The van der Waals surface area contributed by atoms with Gasteiger partial charge < -0.3 is 20.9 Å². The Kier molecular flexibility index (Phi) is 9.45. The molecule has 0 saturated carbocycles.